The highest BCUT2D eigenvalue weighted by atomic mass is 79.9. The van der Waals surface area contributed by atoms with E-state index in [4.69, 9.17) is 33.5 Å². The lowest BCUT2D eigenvalue weighted by molar-refractivity contribution is 0.00578. The van der Waals surface area contributed by atoms with E-state index in [0.29, 0.717) is 48.0 Å². The molecular weight excluding hydrogens is 873 g/mol. The van der Waals surface area contributed by atoms with Crippen molar-refractivity contribution in [1.29, 1.82) is 0 Å². The molecule has 2 aliphatic rings. The topological polar surface area (TPSA) is 161 Å². The van der Waals surface area contributed by atoms with Gasteiger partial charge in [0.05, 0.1) is 64.9 Å². The molecule has 330 valence electrons. The molecule has 2 saturated heterocycles. The number of hydrogen-bond donors (Lipinski definition) is 4. The molecule has 6 aromatic rings. The van der Waals surface area contributed by atoms with E-state index in [2.05, 4.69) is 47.1 Å². The minimum atomic E-state index is -0.472. The van der Waals surface area contributed by atoms with Crippen LogP contribution in [0.25, 0.3) is 21.5 Å². The first kappa shape index (κ1) is 47.8. The minimum Gasteiger partial charge on any atom is -0.479 e. The number of morpholine rings is 1. The molecule has 18 heteroatoms. The SMILES string of the molecule is CC.CC.COc1ncc(-c2nc(N3CCOCC3)nc3c(Br)csc23)cc1NN(O)c1ccccc1.COc1ncc(B2OC(C)(C)C(C)(C)O2)cc1NNc1ccccc1. The molecule has 0 unspecified atom stereocenters. The van der Waals surface area contributed by atoms with Crippen molar-refractivity contribution in [1.82, 2.24) is 19.9 Å². The highest BCUT2D eigenvalue weighted by Gasteiger charge is 2.52. The fourth-order valence-electron chi connectivity index (χ4n) is 6.04. The number of halogens is 1. The number of hydrazine groups is 2. The lowest BCUT2D eigenvalue weighted by Gasteiger charge is -2.32. The van der Waals surface area contributed by atoms with Crippen LogP contribution < -0.4 is 41.3 Å². The van der Waals surface area contributed by atoms with Gasteiger partial charge in [0.25, 0.3) is 0 Å². The molecule has 0 amide bonds. The van der Waals surface area contributed by atoms with Crippen LogP contribution in [0.2, 0.25) is 0 Å². The fourth-order valence-corrected chi connectivity index (χ4v) is 7.61. The maximum absolute atomic E-state index is 10.5. The second-order valence-electron chi connectivity index (χ2n) is 14.3. The number of ether oxygens (including phenoxy) is 3. The van der Waals surface area contributed by atoms with E-state index >= 15 is 0 Å². The summed E-state index contributed by atoms with van der Waals surface area (Å²) in [4.78, 5) is 20.6. The van der Waals surface area contributed by atoms with Gasteiger partial charge >= 0.3 is 7.12 Å². The van der Waals surface area contributed by atoms with Gasteiger partial charge in [-0.05, 0) is 80.0 Å². The maximum atomic E-state index is 10.5. The summed E-state index contributed by atoms with van der Waals surface area (Å²) in [5.41, 5.74) is 14.4. The molecule has 62 heavy (non-hydrogen) atoms. The monoisotopic (exact) mass is 929 g/mol. The Morgan fingerprint density at radius 2 is 1.40 bits per heavy atom. The van der Waals surface area contributed by atoms with E-state index in [0.717, 1.165) is 55.4 Å². The third-order valence-corrected chi connectivity index (χ3v) is 11.8. The van der Waals surface area contributed by atoms with Crippen LogP contribution in [0.4, 0.5) is 28.7 Å². The van der Waals surface area contributed by atoms with Gasteiger partial charge in [-0.3, -0.25) is 16.1 Å². The van der Waals surface area contributed by atoms with Crippen LogP contribution in [0.1, 0.15) is 55.4 Å². The van der Waals surface area contributed by atoms with Crippen molar-refractivity contribution in [2.24, 2.45) is 0 Å². The second-order valence-corrected chi connectivity index (χ2v) is 16.0. The summed E-state index contributed by atoms with van der Waals surface area (Å²) in [6.45, 7) is 18.9. The first-order valence-corrected chi connectivity index (χ1v) is 22.2. The highest BCUT2D eigenvalue weighted by molar-refractivity contribution is 9.10. The van der Waals surface area contributed by atoms with Crippen molar-refractivity contribution >= 4 is 78.8 Å². The Balaban J connectivity index is 0.000000224. The number of fused-ring (bicyclic) bond motifs is 1. The van der Waals surface area contributed by atoms with Gasteiger partial charge in [0.15, 0.2) is 0 Å². The summed E-state index contributed by atoms with van der Waals surface area (Å²) in [6, 6.07) is 22.7. The number of aromatic nitrogens is 4. The van der Waals surface area contributed by atoms with Gasteiger partial charge in [-0.1, -0.05) is 64.1 Å². The summed E-state index contributed by atoms with van der Waals surface area (Å²) in [5.74, 6) is 1.49. The molecule has 2 aromatic carbocycles. The molecule has 15 nitrogen and oxygen atoms in total. The third kappa shape index (κ3) is 11.4. The van der Waals surface area contributed by atoms with E-state index in [9.17, 15) is 5.21 Å². The lowest BCUT2D eigenvalue weighted by Crippen LogP contribution is -2.41. The van der Waals surface area contributed by atoms with Crippen molar-refractivity contribution in [3.8, 4) is 23.0 Å². The minimum absolute atomic E-state index is 0.347. The van der Waals surface area contributed by atoms with Gasteiger partial charge in [0.2, 0.25) is 17.7 Å². The van der Waals surface area contributed by atoms with E-state index in [-0.39, 0.29) is 0 Å². The van der Waals surface area contributed by atoms with Crippen molar-refractivity contribution in [2.75, 3.05) is 66.9 Å². The molecule has 0 aliphatic carbocycles. The van der Waals surface area contributed by atoms with Crippen molar-refractivity contribution in [3.05, 3.63) is 95.0 Å². The molecular formula is C44H57BBrN9O6S. The van der Waals surface area contributed by atoms with E-state index in [1.165, 1.54) is 7.11 Å². The number of rotatable bonds is 11. The van der Waals surface area contributed by atoms with Crippen LogP contribution in [0.15, 0.2) is 95.0 Å². The lowest BCUT2D eigenvalue weighted by atomic mass is 9.80. The van der Waals surface area contributed by atoms with E-state index < -0.39 is 18.3 Å². The van der Waals surface area contributed by atoms with Crippen molar-refractivity contribution in [2.45, 2.75) is 66.6 Å². The summed E-state index contributed by atoms with van der Waals surface area (Å²) in [5, 5.41) is 13.5. The molecule has 0 saturated carbocycles. The number of thiophene rings is 1. The predicted molar refractivity (Wildman–Crippen MR) is 255 cm³/mol. The molecule has 0 radical (unpaired) electrons. The number of benzene rings is 2. The van der Waals surface area contributed by atoms with Gasteiger partial charge in [-0.2, -0.15) is 5.17 Å². The number of pyridine rings is 2. The largest absolute Gasteiger partial charge is 0.496 e. The van der Waals surface area contributed by atoms with Crippen LogP contribution in [0.5, 0.6) is 11.8 Å². The zero-order valence-electron chi connectivity index (χ0n) is 37.0. The Hall–Kier alpha value is -5.24. The van der Waals surface area contributed by atoms with Crippen LogP contribution in [0, 0.1) is 0 Å². The zero-order valence-corrected chi connectivity index (χ0v) is 39.4. The number of nitrogens with zero attached hydrogens (tertiary/aromatic N) is 6. The fraction of sp³-hybridized carbons (Fsp3) is 0.364. The van der Waals surface area contributed by atoms with Gasteiger partial charge in [-0.25, -0.2) is 19.9 Å². The molecule has 0 spiro atoms. The van der Waals surface area contributed by atoms with Crippen LogP contribution in [-0.4, -0.2) is 84.0 Å². The average Bonchev–Trinajstić information content (AvgIpc) is 3.80. The smallest absolute Gasteiger partial charge is 0.479 e. The van der Waals surface area contributed by atoms with Gasteiger partial charge in [0.1, 0.15) is 16.9 Å². The Morgan fingerprint density at radius 3 is 2.03 bits per heavy atom. The maximum Gasteiger partial charge on any atom is 0.496 e. The third-order valence-electron chi connectivity index (χ3n) is 9.91. The molecule has 6 heterocycles. The first-order chi connectivity index (χ1) is 30.0. The average molecular weight is 931 g/mol. The molecule has 4 aromatic heterocycles. The summed E-state index contributed by atoms with van der Waals surface area (Å²) < 4.78 is 30.3. The van der Waals surface area contributed by atoms with Gasteiger partial charge < -0.3 is 33.8 Å². The van der Waals surface area contributed by atoms with E-state index in [1.54, 1.807) is 43.0 Å². The molecule has 2 aliphatic heterocycles. The van der Waals surface area contributed by atoms with Crippen LogP contribution >= 0.6 is 27.3 Å². The standard InChI is InChI=1S/C22H21BrN6O3S.C18H24BN3O3.2C2H6/c1-31-21-17(27-29(30)15-5-3-2-4-6-15)11-14(12-24-21)18-20-19(16(23)13-33-20)26-22(25-18)28-7-9-32-10-8-28;1-17(2)18(3,4)25-19(24-17)13-11-15(16(23-5)20-12-13)22-21-14-9-7-6-8-10-14;2*1-2/h2-6,11-13,27,30H,7-10H2,1H3;6-12,21-22H,1-5H3;2*1-2H3. The molecule has 4 N–H and O–H groups in total. The van der Waals surface area contributed by atoms with Crippen molar-refractivity contribution in [3.63, 3.8) is 0 Å². The summed E-state index contributed by atoms with van der Waals surface area (Å²) in [6.07, 6.45) is 3.43. The molecule has 0 bridgehead atoms. The first-order valence-electron chi connectivity index (χ1n) is 20.6. The number of para-hydroxylation sites is 2. The summed E-state index contributed by atoms with van der Waals surface area (Å²) >= 11 is 5.18. The number of anilines is 5. The molecule has 2 fully saturated rings. The van der Waals surface area contributed by atoms with Crippen LogP contribution in [0.3, 0.4) is 0 Å². The molecule has 0 atom stereocenters. The number of methoxy groups -OCH3 is 2. The number of nitrogens with one attached hydrogen (secondary N) is 3. The Bertz CT molecular complexity index is 2310. The Morgan fingerprint density at radius 1 is 0.806 bits per heavy atom. The Kier molecular flexibility index (Phi) is 17.1. The summed E-state index contributed by atoms with van der Waals surface area (Å²) in [7, 11) is 2.65. The number of hydrogen-bond acceptors (Lipinski definition) is 16. The quantitative estimate of drug-likeness (QED) is 0.0718. The predicted octanol–water partition coefficient (Wildman–Crippen LogP) is 9.46. The highest BCUT2D eigenvalue weighted by Crippen LogP contribution is 2.39. The van der Waals surface area contributed by atoms with Crippen molar-refractivity contribution < 1.29 is 28.7 Å². The van der Waals surface area contributed by atoms with E-state index in [1.807, 2.05) is 121 Å². The normalized spacial score (nSPS) is 14.8. The Labute approximate surface area is 377 Å². The van der Waals surface area contributed by atoms with Gasteiger partial charge in [0, 0.05) is 41.9 Å². The van der Waals surface area contributed by atoms with Crippen LogP contribution in [-0.2, 0) is 14.0 Å². The zero-order chi connectivity index (χ0) is 44.9. The van der Waals surface area contributed by atoms with Gasteiger partial charge in [-0.15, -0.1) is 11.3 Å². The second kappa shape index (κ2) is 22.2. The molecule has 8 rings (SSSR count).